The van der Waals surface area contributed by atoms with Gasteiger partial charge in [0.15, 0.2) is 0 Å². The van der Waals surface area contributed by atoms with E-state index in [1.807, 2.05) is 25.1 Å². The minimum atomic E-state index is -0.168. The number of benzene rings is 1. The Morgan fingerprint density at radius 3 is 2.46 bits per heavy atom. The van der Waals surface area contributed by atoms with Crippen molar-refractivity contribution in [2.75, 3.05) is 19.7 Å². The maximum absolute atomic E-state index is 12.3. The predicted molar refractivity (Wildman–Crippen MR) is 108 cm³/mol. The molecule has 6 nitrogen and oxygen atoms in total. The van der Waals surface area contributed by atoms with Gasteiger partial charge in [-0.3, -0.25) is 14.4 Å². The van der Waals surface area contributed by atoms with Crippen molar-refractivity contribution in [2.45, 2.75) is 58.4 Å². The number of ether oxygens (including phenoxy) is 1. The summed E-state index contributed by atoms with van der Waals surface area (Å²) in [6.45, 7) is 5.28. The van der Waals surface area contributed by atoms with Crippen LogP contribution in [-0.2, 0) is 25.5 Å². The molecule has 6 heteroatoms. The lowest BCUT2D eigenvalue weighted by Crippen LogP contribution is -2.41. The minimum Gasteiger partial charge on any atom is -0.466 e. The normalized spacial score (nSPS) is 15.7. The summed E-state index contributed by atoms with van der Waals surface area (Å²) in [7, 11) is 0. The van der Waals surface area contributed by atoms with Crippen molar-refractivity contribution in [3.8, 4) is 0 Å². The van der Waals surface area contributed by atoms with Crippen molar-refractivity contribution in [2.24, 2.45) is 5.92 Å². The molecule has 0 spiro atoms. The highest BCUT2D eigenvalue weighted by Crippen LogP contribution is 2.19. The van der Waals surface area contributed by atoms with E-state index in [9.17, 15) is 14.4 Å². The molecule has 0 aromatic heterocycles. The van der Waals surface area contributed by atoms with Crippen molar-refractivity contribution < 1.29 is 19.1 Å². The maximum atomic E-state index is 12.3. The maximum Gasteiger partial charge on any atom is 0.309 e. The number of rotatable bonds is 9. The highest BCUT2D eigenvalue weighted by Gasteiger charge is 2.28. The molecule has 2 amide bonds. The zero-order valence-corrected chi connectivity index (χ0v) is 17.0. The van der Waals surface area contributed by atoms with E-state index in [-0.39, 0.29) is 42.6 Å². The van der Waals surface area contributed by atoms with E-state index < -0.39 is 0 Å². The first kappa shape index (κ1) is 21.9. The average Bonchev–Trinajstić information content (AvgIpc) is 2.71. The highest BCUT2D eigenvalue weighted by atomic mass is 16.5. The van der Waals surface area contributed by atoms with E-state index in [0.29, 0.717) is 32.5 Å². The fourth-order valence-electron chi connectivity index (χ4n) is 3.45. The molecular formula is C22H32N2O4. The number of likely N-dealkylation sites (tertiary alicyclic amines) is 1. The molecule has 154 valence electrons. The van der Waals surface area contributed by atoms with Crippen LogP contribution in [0.1, 0.15) is 51.5 Å². The largest absolute Gasteiger partial charge is 0.466 e. The number of amides is 2. The topological polar surface area (TPSA) is 75.7 Å². The summed E-state index contributed by atoms with van der Waals surface area (Å²) in [6.07, 6.45) is 3.45. The van der Waals surface area contributed by atoms with E-state index in [1.54, 1.807) is 11.8 Å². The monoisotopic (exact) mass is 388 g/mol. The Labute approximate surface area is 167 Å². The standard InChI is InChI=1S/C22H32N2O4/c1-3-28-22(27)19-13-15-24(16-14-19)21(26)12-11-20(25)23-17(2)9-10-18-7-5-4-6-8-18/h4-8,17,19H,3,9-16H2,1-2H3,(H,23,25)/t17-/m1/s1. The Morgan fingerprint density at radius 1 is 1.14 bits per heavy atom. The number of nitrogens with zero attached hydrogens (tertiary/aromatic N) is 1. The van der Waals surface area contributed by atoms with E-state index >= 15 is 0 Å². The van der Waals surface area contributed by atoms with Gasteiger partial charge >= 0.3 is 5.97 Å². The van der Waals surface area contributed by atoms with Crippen LogP contribution in [0, 0.1) is 5.92 Å². The van der Waals surface area contributed by atoms with Crippen LogP contribution in [-0.4, -0.2) is 48.4 Å². The van der Waals surface area contributed by atoms with Gasteiger partial charge in [0.1, 0.15) is 0 Å². The summed E-state index contributed by atoms with van der Waals surface area (Å²) in [6, 6.07) is 10.3. The summed E-state index contributed by atoms with van der Waals surface area (Å²) in [5.41, 5.74) is 1.25. The second-order valence-electron chi connectivity index (χ2n) is 7.40. The van der Waals surface area contributed by atoms with Gasteiger partial charge in [0.05, 0.1) is 12.5 Å². The highest BCUT2D eigenvalue weighted by molar-refractivity contribution is 5.84. The van der Waals surface area contributed by atoms with Crippen LogP contribution < -0.4 is 5.32 Å². The first-order valence-corrected chi connectivity index (χ1v) is 10.3. The molecule has 1 N–H and O–H groups in total. The van der Waals surface area contributed by atoms with E-state index in [0.717, 1.165) is 12.8 Å². The van der Waals surface area contributed by atoms with E-state index in [2.05, 4.69) is 17.4 Å². The number of carbonyl (C=O) groups excluding carboxylic acids is 3. The van der Waals surface area contributed by atoms with Gasteiger partial charge < -0.3 is 15.0 Å². The predicted octanol–water partition coefficient (Wildman–Crippen LogP) is 2.71. The Morgan fingerprint density at radius 2 is 1.82 bits per heavy atom. The molecule has 1 aliphatic heterocycles. The lowest BCUT2D eigenvalue weighted by atomic mass is 9.96. The second kappa shape index (κ2) is 11.5. The third-order valence-corrected chi connectivity index (χ3v) is 5.15. The number of hydrogen-bond acceptors (Lipinski definition) is 4. The number of piperidine rings is 1. The summed E-state index contributed by atoms with van der Waals surface area (Å²) >= 11 is 0. The molecule has 0 bridgehead atoms. The first-order valence-electron chi connectivity index (χ1n) is 10.3. The third-order valence-electron chi connectivity index (χ3n) is 5.15. The first-order chi connectivity index (χ1) is 13.5. The van der Waals surface area contributed by atoms with Gasteiger partial charge in [-0.2, -0.15) is 0 Å². The van der Waals surface area contributed by atoms with Gasteiger partial charge in [-0.25, -0.2) is 0 Å². The van der Waals surface area contributed by atoms with Gasteiger partial charge in [-0.1, -0.05) is 30.3 Å². The Hall–Kier alpha value is -2.37. The molecule has 1 aromatic carbocycles. The Bertz CT molecular complexity index is 639. The van der Waals surface area contributed by atoms with Crippen molar-refractivity contribution >= 4 is 17.8 Å². The molecule has 1 heterocycles. The molecule has 0 saturated carbocycles. The van der Waals surface area contributed by atoms with Crippen LogP contribution in [0.3, 0.4) is 0 Å². The van der Waals surface area contributed by atoms with Crippen LogP contribution in [0.5, 0.6) is 0 Å². The number of esters is 1. The van der Waals surface area contributed by atoms with Crippen LogP contribution in [0.2, 0.25) is 0 Å². The zero-order chi connectivity index (χ0) is 20.4. The molecule has 1 aliphatic rings. The summed E-state index contributed by atoms with van der Waals surface area (Å²) in [5.74, 6) is -0.388. The third kappa shape index (κ3) is 7.33. The number of nitrogens with one attached hydrogen (secondary N) is 1. The fourth-order valence-corrected chi connectivity index (χ4v) is 3.45. The van der Waals surface area contributed by atoms with Gasteiger partial charge in [0, 0.05) is 32.0 Å². The van der Waals surface area contributed by atoms with Crippen LogP contribution in [0.25, 0.3) is 0 Å². The van der Waals surface area contributed by atoms with Crippen LogP contribution in [0.15, 0.2) is 30.3 Å². The molecule has 0 unspecified atom stereocenters. The van der Waals surface area contributed by atoms with Crippen molar-refractivity contribution in [3.63, 3.8) is 0 Å². The molecule has 1 saturated heterocycles. The van der Waals surface area contributed by atoms with Crippen molar-refractivity contribution in [1.29, 1.82) is 0 Å². The molecule has 28 heavy (non-hydrogen) atoms. The van der Waals surface area contributed by atoms with Crippen LogP contribution >= 0.6 is 0 Å². The summed E-state index contributed by atoms with van der Waals surface area (Å²) < 4.78 is 5.05. The lowest BCUT2D eigenvalue weighted by molar-refractivity contribution is -0.151. The van der Waals surface area contributed by atoms with Crippen LogP contribution in [0.4, 0.5) is 0 Å². The van der Waals surface area contributed by atoms with E-state index in [1.165, 1.54) is 5.56 Å². The number of hydrogen-bond donors (Lipinski definition) is 1. The molecule has 0 aliphatic carbocycles. The second-order valence-corrected chi connectivity index (χ2v) is 7.40. The Balaban J connectivity index is 1.63. The lowest BCUT2D eigenvalue weighted by Gasteiger charge is -2.31. The minimum absolute atomic E-state index is 0.0191. The van der Waals surface area contributed by atoms with Gasteiger partial charge in [-0.05, 0) is 45.1 Å². The molecule has 1 atom stereocenters. The van der Waals surface area contributed by atoms with Crippen molar-refractivity contribution in [1.82, 2.24) is 10.2 Å². The van der Waals surface area contributed by atoms with Gasteiger partial charge in [0.25, 0.3) is 0 Å². The molecule has 2 rings (SSSR count). The van der Waals surface area contributed by atoms with Crippen molar-refractivity contribution in [3.05, 3.63) is 35.9 Å². The number of aryl methyl sites for hydroxylation is 1. The molecule has 1 aromatic rings. The average molecular weight is 389 g/mol. The molecule has 0 radical (unpaired) electrons. The SMILES string of the molecule is CCOC(=O)C1CCN(C(=O)CCC(=O)N[C@H](C)CCc2ccccc2)CC1. The zero-order valence-electron chi connectivity index (χ0n) is 17.0. The molecule has 1 fully saturated rings. The Kier molecular flexibility index (Phi) is 8.98. The smallest absolute Gasteiger partial charge is 0.309 e. The van der Waals surface area contributed by atoms with Gasteiger partial charge in [-0.15, -0.1) is 0 Å². The fraction of sp³-hybridized carbons (Fsp3) is 0.591. The van der Waals surface area contributed by atoms with Gasteiger partial charge in [0.2, 0.25) is 11.8 Å². The molecular weight excluding hydrogens is 356 g/mol. The summed E-state index contributed by atoms with van der Waals surface area (Å²) in [4.78, 5) is 38.0. The summed E-state index contributed by atoms with van der Waals surface area (Å²) in [5, 5.41) is 2.97. The number of carbonyl (C=O) groups is 3. The van der Waals surface area contributed by atoms with E-state index in [4.69, 9.17) is 4.74 Å². The quantitative estimate of drug-likeness (QED) is 0.660.